The summed E-state index contributed by atoms with van der Waals surface area (Å²) in [6.07, 6.45) is 2.77. The van der Waals surface area contributed by atoms with Gasteiger partial charge in [0.1, 0.15) is 5.82 Å². The van der Waals surface area contributed by atoms with E-state index < -0.39 is 24.6 Å². The number of nitrogens with one attached hydrogen (secondary N) is 1. The molecule has 0 unspecified atom stereocenters. The summed E-state index contributed by atoms with van der Waals surface area (Å²) in [5.41, 5.74) is 7.72. The van der Waals surface area contributed by atoms with Crippen molar-refractivity contribution in [2.75, 3.05) is 27.2 Å². The van der Waals surface area contributed by atoms with Crippen LogP contribution >= 0.6 is 0 Å². The SMILES string of the molecule is CC(C)c1nc2c(c(-c3ccc(F)cc3)c1C=C[C@@H](O)C[C@@H](O)CC(=O)O)CCCc1cc(C(=O)NCCN(C)C)ccc1-2. The van der Waals surface area contributed by atoms with Crippen molar-refractivity contribution < 1.29 is 29.3 Å². The van der Waals surface area contributed by atoms with Crippen LogP contribution in [0.2, 0.25) is 0 Å². The van der Waals surface area contributed by atoms with Crippen molar-refractivity contribution in [3.05, 3.63) is 82.3 Å². The maximum atomic E-state index is 14.0. The first kappa shape index (κ1) is 33.0. The number of pyridine rings is 1. The molecular formula is C35H42FN3O5. The van der Waals surface area contributed by atoms with Crippen molar-refractivity contribution in [1.29, 1.82) is 0 Å². The van der Waals surface area contributed by atoms with E-state index >= 15 is 0 Å². The van der Waals surface area contributed by atoms with Gasteiger partial charge in [0, 0.05) is 36.2 Å². The predicted molar refractivity (Wildman–Crippen MR) is 170 cm³/mol. The minimum Gasteiger partial charge on any atom is -0.481 e. The number of benzene rings is 2. The number of carbonyl (C=O) groups excluding carboxylic acids is 1. The number of aromatic nitrogens is 1. The van der Waals surface area contributed by atoms with Gasteiger partial charge in [0.15, 0.2) is 0 Å². The third kappa shape index (κ3) is 8.16. The quantitative estimate of drug-likeness (QED) is 0.228. The number of aryl methyl sites for hydroxylation is 1. The molecule has 1 aromatic heterocycles. The molecule has 0 radical (unpaired) electrons. The van der Waals surface area contributed by atoms with E-state index in [4.69, 9.17) is 10.1 Å². The number of carboxylic acids is 1. The van der Waals surface area contributed by atoms with Gasteiger partial charge in [-0.2, -0.15) is 0 Å². The molecule has 1 aliphatic rings. The second-order valence-electron chi connectivity index (χ2n) is 12.0. The Morgan fingerprint density at radius 3 is 2.48 bits per heavy atom. The molecule has 0 bridgehead atoms. The number of hydrogen-bond acceptors (Lipinski definition) is 6. The minimum absolute atomic E-state index is 0.0117. The number of aliphatic hydroxyl groups excluding tert-OH is 2. The van der Waals surface area contributed by atoms with Gasteiger partial charge in [0.25, 0.3) is 5.91 Å². The lowest BCUT2D eigenvalue weighted by atomic mass is 9.86. The number of hydrogen-bond donors (Lipinski definition) is 4. The molecule has 4 N–H and O–H groups in total. The molecule has 1 heterocycles. The molecule has 1 aliphatic carbocycles. The monoisotopic (exact) mass is 603 g/mol. The van der Waals surface area contributed by atoms with Crippen LogP contribution in [-0.2, 0) is 17.6 Å². The Morgan fingerprint density at radius 2 is 1.82 bits per heavy atom. The zero-order valence-corrected chi connectivity index (χ0v) is 25.8. The average Bonchev–Trinajstić information content (AvgIpc) is 3.13. The lowest BCUT2D eigenvalue weighted by Crippen LogP contribution is -2.31. The number of carboxylic acid groups (broad SMARTS) is 1. The lowest BCUT2D eigenvalue weighted by molar-refractivity contribution is -0.139. The number of likely N-dealkylation sites (N-methyl/N-ethyl adjacent to an activating group) is 1. The summed E-state index contributed by atoms with van der Waals surface area (Å²) in [5, 5.41) is 32.6. The molecule has 8 nitrogen and oxygen atoms in total. The third-order valence-electron chi connectivity index (χ3n) is 7.79. The summed E-state index contributed by atoms with van der Waals surface area (Å²) in [6.45, 7) is 5.36. The summed E-state index contributed by atoms with van der Waals surface area (Å²) >= 11 is 0. The van der Waals surface area contributed by atoms with E-state index in [9.17, 15) is 24.2 Å². The van der Waals surface area contributed by atoms with Gasteiger partial charge in [-0.05, 0) is 85.8 Å². The molecular weight excluding hydrogens is 561 g/mol. The van der Waals surface area contributed by atoms with Crippen LogP contribution in [0.3, 0.4) is 0 Å². The topological polar surface area (TPSA) is 123 Å². The van der Waals surface area contributed by atoms with Crippen LogP contribution < -0.4 is 5.32 Å². The Bertz CT molecular complexity index is 1520. The number of nitrogens with zero attached hydrogens (tertiary/aromatic N) is 2. The van der Waals surface area contributed by atoms with Gasteiger partial charge in [0.2, 0.25) is 0 Å². The molecule has 4 rings (SSSR count). The zero-order valence-electron chi connectivity index (χ0n) is 25.8. The molecule has 234 valence electrons. The van der Waals surface area contributed by atoms with E-state index in [0.29, 0.717) is 18.5 Å². The van der Waals surface area contributed by atoms with Crippen molar-refractivity contribution in [2.45, 2.75) is 64.1 Å². The molecule has 0 saturated heterocycles. The first-order chi connectivity index (χ1) is 20.9. The van der Waals surface area contributed by atoms with Crippen molar-refractivity contribution in [2.24, 2.45) is 0 Å². The molecule has 2 aromatic carbocycles. The van der Waals surface area contributed by atoms with Crippen molar-refractivity contribution in [3.63, 3.8) is 0 Å². The average molecular weight is 604 g/mol. The maximum absolute atomic E-state index is 14.0. The fourth-order valence-electron chi connectivity index (χ4n) is 5.65. The van der Waals surface area contributed by atoms with E-state index in [1.165, 1.54) is 12.1 Å². The van der Waals surface area contributed by atoms with Crippen molar-refractivity contribution in [3.8, 4) is 22.4 Å². The van der Waals surface area contributed by atoms with Crippen molar-refractivity contribution in [1.82, 2.24) is 15.2 Å². The van der Waals surface area contributed by atoms with E-state index in [1.807, 2.05) is 51.0 Å². The summed E-state index contributed by atoms with van der Waals surface area (Å²) in [6, 6.07) is 12.1. The van der Waals surface area contributed by atoms with Crippen molar-refractivity contribution >= 4 is 18.0 Å². The number of carbonyl (C=O) groups is 2. The second-order valence-corrected chi connectivity index (χ2v) is 12.0. The highest BCUT2D eigenvalue weighted by atomic mass is 19.1. The van der Waals surface area contributed by atoms with Gasteiger partial charge < -0.3 is 25.5 Å². The summed E-state index contributed by atoms with van der Waals surface area (Å²) < 4.78 is 14.0. The fourth-order valence-corrected chi connectivity index (χ4v) is 5.65. The first-order valence-corrected chi connectivity index (χ1v) is 15.1. The van der Waals surface area contributed by atoms with E-state index in [-0.39, 0.29) is 24.1 Å². The fraction of sp³-hybridized carbons (Fsp3) is 0.400. The molecule has 0 spiro atoms. The number of fused-ring (bicyclic) bond motifs is 3. The van der Waals surface area contributed by atoms with Crippen LogP contribution in [0.1, 0.15) is 71.8 Å². The lowest BCUT2D eigenvalue weighted by Gasteiger charge is -2.22. The summed E-state index contributed by atoms with van der Waals surface area (Å²) in [5.74, 6) is -1.61. The summed E-state index contributed by atoms with van der Waals surface area (Å²) in [4.78, 5) is 31.1. The number of aliphatic hydroxyl groups is 2. The molecule has 0 fully saturated rings. The highest BCUT2D eigenvalue weighted by Crippen LogP contribution is 2.42. The minimum atomic E-state index is -1.19. The highest BCUT2D eigenvalue weighted by molar-refractivity contribution is 5.95. The Morgan fingerprint density at radius 1 is 1.09 bits per heavy atom. The molecule has 3 aromatic rings. The van der Waals surface area contributed by atoms with Crippen LogP contribution in [0.15, 0.2) is 48.5 Å². The molecule has 2 atom stereocenters. The summed E-state index contributed by atoms with van der Waals surface area (Å²) in [7, 11) is 3.92. The number of halogens is 1. The third-order valence-corrected chi connectivity index (χ3v) is 7.79. The van der Waals surface area contributed by atoms with Crippen LogP contribution in [0.25, 0.3) is 28.5 Å². The van der Waals surface area contributed by atoms with Gasteiger partial charge in [-0.3, -0.25) is 14.6 Å². The van der Waals surface area contributed by atoms with Crippen LogP contribution in [-0.4, -0.2) is 76.5 Å². The normalized spacial score (nSPS) is 14.3. The van der Waals surface area contributed by atoms with Crippen LogP contribution in [0.5, 0.6) is 0 Å². The largest absolute Gasteiger partial charge is 0.481 e. The van der Waals surface area contributed by atoms with Gasteiger partial charge in [-0.15, -0.1) is 0 Å². The van der Waals surface area contributed by atoms with Gasteiger partial charge in [0.05, 0.1) is 30.0 Å². The van der Waals surface area contributed by atoms with E-state index in [0.717, 1.165) is 64.2 Å². The number of aliphatic carboxylic acids is 1. The Kier molecular flexibility index (Phi) is 11.0. The standard InChI is InChI=1S/C35H42FN3O5/c1-21(2)33-30(15-13-26(40)19-27(41)20-31(42)43)32(22-8-11-25(36)12-9-22)29-7-5-6-23-18-24(10-14-28(23)34(29)38-33)35(44)37-16-17-39(3)4/h8-15,18,21,26-27,40-41H,5-7,16-17,19-20H2,1-4H3,(H,37,44)(H,42,43)/t26-,27-/m1/s1. The molecule has 44 heavy (non-hydrogen) atoms. The Hall–Kier alpha value is -3.92. The first-order valence-electron chi connectivity index (χ1n) is 15.1. The maximum Gasteiger partial charge on any atom is 0.305 e. The molecule has 0 aliphatic heterocycles. The molecule has 1 amide bonds. The molecule has 9 heteroatoms. The molecule has 0 saturated carbocycles. The predicted octanol–water partition coefficient (Wildman–Crippen LogP) is 5.06. The van der Waals surface area contributed by atoms with Gasteiger partial charge >= 0.3 is 5.97 Å². The highest BCUT2D eigenvalue weighted by Gasteiger charge is 2.26. The van der Waals surface area contributed by atoms with E-state index in [1.54, 1.807) is 24.3 Å². The number of amides is 1. The second kappa shape index (κ2) is 14.7. The van der Waals surface area contributed by atoms with Gasteiger partial charge in [-0.1, -0.05) is 44.2 Å². The van der Waals surface area contributed by atoms with Crippen LogP contribution in [0.4, 0.5) is 4.39 Å². The van der Waals surface area contributed by atoms with Crippen LogP contribution in [0, 0.1) is 5.82 Å². The van der Waals surface area contributed by atoms with E-state index in [2.05, 4.69) is 5.32 Å². The zero-order chi connectivity index (χ0) is 32.0. The number of rotatable bonds is 12. The smallest absolute Gasteiger partial charge is 0.305 e. The Labute approximate surface area is 258 Å². The van der Waals surface area contributed by atoms with Gasteiger partial charge in [-0.25, -0.2) is 4.39 Å². The Balaban J connectivity index is 1.83.